The third kappa shape index (κ3) is 4.64. The number of carbonyl (C=O) groups excluding carboxylic acids is 2. The first-order valence-electron chi connectivity index (χ1n) is 7.55. The van der Waals surface area contributed by atoms with E-state index in [1.54, 1.807) is 0 Å². The molecule has 1 heterocycles. The largest absolute Gasteiger partial charge is 0.356 e. The van der Waals surface area contributed by atoms with Gasteiger partial charge in [-0.15, -0.1) is 0 Å². The summed E-state index contributed by atoms with van der Waals surface area (Å²) in [5.41, 5.74) is 4.11. The highest BCUT2D eigenvalue weighted by molar-refractivity contribution is 5.91. The van der Waals surface area contributed by atoms with Gasteiger partial charge in [-0.25, -0.2) is 4.98 Å². The molecule has 0 aliphatic carbocycles. The number of hydrogen-bond donors (Lipinski definition) is 2. The zero-order valence-corrected chi connectivity index (χ0v) is 13.6. The number of anilines is 1. The van der Waals surface area contributed by atoms with Crippen LogP contribution in [0.5, 0.6) is 0 Å². The molecule has 2 rings (SSSR count). The van der Waals surface area contributed by atoms with Crippen LogP contribution in [0, 0.1) is 13.8 Å². The first-order chi connectivity index (χ1) is 11.0. The second-order valence-corrected chi connectivity index (χ2v) is 5.41. The van der Waals surface area contributed by atoms with Gasteiger partial charge in [-0.3, -0.25) is 9.59 Å². The van der Waals surface area contributed by atoms with Crippen molar-refractivity contribution < 1.29 is 9.59 Å². The molecule has 0 bridgehead atoms. The molecule has 23 heavy (non-hydrogen) atoms. The molecule has 5 heteroatoms. The molecule has 0 spiro atoms. The van der Waals surface area contributed by atoms with Gasteiger partial charge < -0.3 is 10.6 Å². The van der Waals surface area contributed by atoms with Crippen molar-refractivity contribution in [3.05, 3.63) is 47.7 Å². The average Bonchev–Trinajstić information content (AvgIpc) is 2.51. The van der Waals surface area contributed by atoms with Gasteiger partial charge in [0.1, 0.15) is 5.82 Å². The Balaban J connectivity index is 2.16. The molecule has 0 saturated heterocycles. The van der Waals surface area contributed by atoms with E-state index < -0.39 is 0 Å². The topological polar surface area (TPSA) is 71.1 Å². The Morgan fingerprint density at radius 3 is 2.48 bits per heavy atom. The van der Waals surface area contributed by atoms with Crippen molar-refractivity contribution in [1.29, 1.82) is 0 Å². The number of aryl methyl sites for hydroxylation is 1. The van der Waals surface area contributed by atoms with Gasteiger partial charge in [0.05, 0.1) is 0 Å². The second-order valence-electron chi connectivity index (χ2n) is 5.41. The van der Waals surface area contributed by atoms with Crippen molar-refractivity contribution >= 4 is 17.6 Å². The molecule has 5 nitrogen and oxygen atoms in total. The molecule has 0 aliphatic rings. The smallest absolute Gasteiger partial charge is 0.227 e. The number of rotatable bonds is 5. The molecule has 0 fully saturated rings. The Bertz CT molecular complexity index is 712. The van der Waals surface area contributed by atoms with E-state index in [0.29, 0.717) is 12.4 Å². The van der Waals surface area contributed by atoms with Gasteiger partial charge >= 0.3 is 0 Å². The number of aromatic nitrogens is 1. The number of carbonyl (C=O) groups is 2. The SMILES string of the molecule is CC(=O)NCCC(=O)Nc1cc(-c2ccccc2)c(C)c(C)n1. The van der Waals surface area contributed by atoms with Crippen LogP contribution >= 0.6 is 0 Å². The summed E-state index contributed by atoms with van der Waals surface area (Å²) in [6.45, 7) is 5.69. The molecule has 0 saturated carbocycles. The summed E-state index contributed by atoms with van der Waals surface area (Å²) in [5, 5.41) is 5.39. The van der Waals surface area contributed by atoms with Crippen LogP contribution in [0.15, 0.2) is 36.4 Å². The summed E-state index contributed by atoms with van der Waals surface area (Å²) >= 11 is 0. The molecule has 120 valence electrons. The molecule has 0 atom stereocenters. The van der Waals surface area contributed by atoms with E-state index in [0.717, 1.165) is 22.4 Å². The maximum Gasteiger partial charge on any atom is 0.227 e. The minimum atomic E-state index is -0.173. The predicted molar refractivity (Wildman–Crippen MR) is 91.1 cm³/mol. The first-order valence-corrected chi connectivity index (χ1v) is 7.55. The zero-order chi connectivity index (χ0) is 16.8. The van der Waals surface area contributed by atoms with E-state index in [1.807, 2.05) is 50.2 Å². The normalized spacial score (nSPS) is 10.2. The van der Waals surface area contributed by atoms with Crippen LogP contribution in [-0.2, 0) is 9.59 Å². The van der Waals surface area contributed by atoms with E-state index in [1.165, 1.54) is 6.92 Å². The zero-order valence-electron chi connectivity index (χ0n) is 13.6. The van der Waals surface area contributed by atoms with Gasteiger partial charge in [-0.2, -0.15) is 0 Å². The summed E-state index contributed by atoms with van der Waals surface area (Å²) in [6, 6.07) is 11.9. The monoisotopic (exact) mass is 311 g/mol. The molecule has 0 radical (unpaired) electrons. The van der Waals surface area contributed by atoms with Crippen molar-refractivity contribution in [3.8, 4) is 11.1 Å². The number of nitrogens with zero attached hydrogens (tertiary/aromatic N) is 1. The van der Waals surface area contributed by atoms with Gasteiger partial charge in [-0.1, -0.05) is 30.3 Å². The Morgan fingerprint density at radius 2 is 1.83 bits per heavy atom. The maximum absolute atomic E-state index is 11.9. The minimum Gasteiger partial charge on any atom is -0.356 e. The Hall–Kier alpha value is -2.69. The fourth-order valence-corrected chi connectivity index (χ4v) is 2.28. The molecule has 2 N–H and O–H groups in total. The summed E-state index contributed by atoms with van der Waals surface area (Å²) in [5.74, 6) is 0.210. The lowest BCUT2D eigenvalue weighted by Crippen LogP contribution is -2.25. The Morgan fingerprint density at radius 1 is 1.13 bits per heavy atom. The molecular weight excluding hydrogens is 290 g/mol. The average molecular weight is 311 g/mol. The molecule has 1 aromatic carbocycles. The highest BCUT2D eigenvalue weighted by Crippen LogP contribution is 2.27. The molecule has 0 unspecified atom stereocenters. The van der Waals surface area contributed by atoms with Crippen LogP contribution in [0.1, 0.15) is 24.6 Å². The van der Waals surface area contributed by atoms with E-state index in [4.69, 9.17) is 0 Å². The van der Waals surface area contributed by atoms with Crippen LogP contribution in [-0.4, -0.2) is 23.3 Å². The van der Waals surface area contributed by atoms with E-state index in [-0.39, 0.29) is 18.2 Å². The molecule has 2 aromatic rings. The molecule has 1 aromatic heterocycles. The van der Waals surface area contributed by atoms with E-state index in [9.17, 15) is 9.59 Å². The number of pyridine rings is 1. The maximum atomic E-state index is 11.9. The number of hydrogen-bond acceptors (Lipinski definition) is 3. The highest BCUT2D eigenvalue weighted by Gasteiger charge is 2.10. The second kappa shape index (κ2) is 7.54. The summed E-state index contributed by atoms with van der Waals surface area (Å²) < 4.78 is 0. The van der Waals surface area contributed by atoms with Gasteiger partial charge in [-0.05, 0) is 36.6 Å². The van der Waals surface area contributed by atoms with E-state index >= 15 is 0 Å². The molecular formula is C18H21N3O2. The number of benzene rings is 1. The predicted octanol–water partition coefficient (Wildman–Crippen LogP) is 2.83. The third-order valence-corrected chi connectivity index (χ3v) is 3.59. The molecule has 2 amide bonds. The quantitative estimate of drug-likeness (QED) is 0.892. The lowest BCUT2D eigenvalue weighted by Gasteiger charge is -2.12. The van der Waals surface area contributed by atoms with Gasteiger partial charge in [0.2, 0.25) is 11.8 Å². The first kappa shape index (κ1) is 16.7. The number of nitrogens with one attached hydrogen (secondary N) is 2. The fraction of sp³-hybridized carbons (Fsp3) is 0.278. The lowest BCUT2D eigenvalue weighted by atomic mass is 10.0. The van der Waals surface area contributed by atoms with Gasteiger partial charge in [0, 0.05) is 25.6 Å². The lowest BCUT2D eigenvalue weighted by molar-refractivity contribution is -0.119. The Kier molecular flexibility index (Phi) is 5.46. The van der Waals surface area contributed by atoms with Gasteiger partial charge in [0.15, 0.2) is 0 Å². The summed E-state index contributed by atoms with van der Waals surface area (Å²) in [6.07, 6.45) is 0.217. The van der Waals surface area contributed by atoms with Crippen molar-refractivity contribution in [2.24, 2.45) is 0 Å². The van der Waals surface area contributed by atoms with Crippen LogP contribution in [0.4, 0.5) is 5.82 Å². The van der Waals surface area contributed by atoms with Crippen LogP contribution < -0.4 is 10.6 Å². The van der Waals surface area contributed by atoms with Crippen LogP contribution in [0.2, 0.25) is 0 Å². The molecule has 0 aliphatic heterocycles. The van der Waals surface area contributed by atoms with Crippen molar-refractivity contribution in [3.63, 3.8) is 0 Å². The minimum absolute atomic E-state index is 0.145. The summed E-state index contributed by atoms with van der Waals surface area (Å²) in [4.78, 5) is 27.2. The van der Waals surface area contributed by atoms with Crippen molar-refractivity contribution in [1.82, 2.24) is 10.3 Å². The Labute approximate surface area is 136 Å². The standard InChI is InChI=1S/C18H21N3O2/c1-12-13(2)20-17(21-18(23)9-10-19-14(3)22)11-16(12)15-7-5-4-6-8-15/h4-8,11H,9-10H2,1-3H3,(H,19,22)(H,20,21,23). The number of amides is 2. The highest BCUT2D eigenvalue weighted by atomic mass is 16.2. The fourth-order valence-electron chi connectivity index (χ4n) is 2.28. The van der Waals surface area contributed by atoms with Gasteiger partial charge in [0.25, 0.3) is 0 Å². The summed E-state index contributed by atoms with van der Waals surface area (Å²) in [7, 11) is 0. The van der Waals surface area contributed by atoms with E-state index in [2.05, 4.69) is 15.6 Å². The van der Waals surface area contributed by atoms with Crippen molar-refractivity contribution in [2.75, 3.05) is 11.9 Å². The third-order valence-electron chi connectivity index (χ3n) is 3.59. The van der Waals surface area contributed by atoms with Crippen LogP contribution in [0.3, 0.4) is 0 Å². The van der Waals surface area contributed by atoms with Crippen molar-refractivity contribution in [2.45, 2.75) is 27.2 Å². The van der Waals surface area contributed by atoms with Crippen LogP contribution in [0.25, 0.3) is 11.1 Å².